The van der Waals surface area contributed by atoms with E-state index in [9.17, 15) is 0 Å². The van der Waals surface area contributed by atoms with Gasteiger partial charge in [-0.15, -0.1) is 0 Å². The van der Waals surface area contributed by atoms with Gasteiger partial charge in [0.15, 0.2) is 0 Å². The van der Waals surface area contributed by atoms with Crippen LogP contribution in [0.15, 0.2) is 84.9 Å². The van der Waals surface area contributed by atoms with Crippen LogP contribution in [0.5, 0.6) is 11.5 Å². The molecule has 0 bridgehead atoms. The lowest BCUT2D eigenvalue weighted by molar-refractivity contribution is 0.482. The Balaban J connectivity index is 1.60. The minimum atomic E-state index is 0.0699. The molecular weight excluding hydrogens is 294 g/mol. The molecule has 0 aliphatic carbocycles. The number of para-hydroxylation sites is 1. The van der Waals surface area contributed by atoms with Gasteiger partial charge in [-0.25, -0.2) is 0 Å². The Kier molecular flexibility index (Phi) is 4.85. The number of hydrogen-bond donors (Lipinski definition) is 1. The van der Waals surface area contributed by atoms with Crippen LogP contribution in [-0.2, 0) is 5.41 Å². The van der Waals surface area contributed by atoms with Crippen molar-refractivity contribution in [1.82, 2.24) is 0 Å². The maximum atomic E-state index is 5.82. The normalized spacial score (nSPS) is 11.1. The van der Waals surface area contributed by atoms with Crippen LogP contribution in [0.3, 0.4) is 0 Å². The Labute approximate surface area is 144 Å². The Morgan fingerprint density at radius 1 is 0.708 bits per heavy atom. The summed E-state index contributed by atoms with van der Waals surface area (Å²) in [6.45, 7) is 5.38. The fourth-order valence-electron chi connectivity index (χ4n) is 2.58. The van der Waals surface area contributed by atoms with E-state index in [4.69, 9.17) is 4.74 Å². The average Bonchev–Trinajstić information content (AvgIpc) is 2.63. The summed E-state index contributed by atoms with van der Waals surface area (Å²) < 4.78 is 5.82. The molecule has 3 aromatic carbocycles. The minimum Gasteiger partial charge on any atom is -0.457 e. The summed E-state index contributed by atoms with van der Waals surface area (Å²) in [6.07, 6.45) is 0. The molecule has 0 saturated carbocycles. The van der Waals surface area contributed by atoms with Crippen molar-refractivity contribution in [1.29, 1.82) is 0 Å². The molecule has 0 aromatic heterocycles. The summed E-state index contributed by atoms with van der Waals surface area (Å²) in [5.74, 6) is 1.69. The van der Waals surface area contributed by atoms with E-state index in [1.165, 1.54) is 5.56 Å². The predicted molar refractivity (Wildman–Crippen MR) is 101 cm³/mol. The van der Waals surface area contributed by atoms with E-state index >= 15 is 0 Å². The maximum Gasteiger partial charge on any atom is 0.127 e. The molecule has 0 saturated heterocycles. The van der Waals surface area contributed by atoms with Gasteiger partial charge < -0.3 is 10.1 Å². The summed E-state index contributed by atoms with van der Waals surface area (Å²) in [4.78, 5) is 0. The van der Waals surface area contributed by atoms with Crippen molar-refractivity contribution in [3.63, 3.8) is 0 Å². The number of anilines is 1. The van der Waals surface area contributed by atoms with Gasteiger partial charge in [0.2, 0.25) is 0 Å². The summed E-state index contributed by atoms with van der Waals surface area (Å²) in [5, 5.41) is 3.52. The van der Waals surface area contributed by atoms with Crippen LogP contribution in [0, 0.1) is 0 Å². The molecule has 0 atom stereocenters. The number of nitrogens with one attached hydrogen (secondary N) is 1. The van der Waals surface area contributed by atoms with Crippen molar-refractivity contribution in [3.05, 3.63) is 90.5 Å². The van der Waals surface area contributed by atoms with Gasteiger partial charge in [-0.05, 0) is 42.0 Å². The molecule has 1 N–H and O–H groups in total. The minimum absolute atomic E-state index is 0.0699. The standard InChI is InChI=1S/C22H23NO/c1-22(2,18-9-5-3-6-10-18)17-23-19-13-15-21(16-14-19)24-20-11-7-4-8-12-20/h3-16,23H,17H2,1-2H3. The Morgan fingerprint density at radius 2 is 1.25 bits per heavy atom. The molecular formula is C22H23NO. The highest BCUT2D eigenvalue weighted by molar-refractivity contribution is 5.48. The zero-order valence-electron chi connectivity index (χ0n) is 14.2. The van der Waals surface area contributed by atoms with E-state index in [-0.39, 0.29) is 5.41 Å². The van der Waals surface area contributed by atoms with E-state index < -0.39 is 0 Å². The SMILES string of the molecule is CC(C)(CNc1ccc(Oc2ccccc2)cc1)c1ccccc1. The summed E-state index contributed by atoms with van der Waals surface area (Å²) in [5.41, 5.74) is 2.50. The second-order valence-corrected chi connectivity index (χ2v) is 6.54. The highest BCUT2D eigenvalue weighted by atomic mass is 16.5. The fraction of sp³-hybridized carbons (Fsp3) is 0.182. The predicted octanol–water partition coefficient (Wildman–Crippen LogP) is 5.87. The second kappa shape index (κ2) is 7.22. The quantitative estimate of drug-likeness (QED) is 0.614. The lowest BCUT2D eigenvalue weighted by Crippen LogP contribution is -2.27. The van der Waals surface area contributed by atoms with Crippen molar-refractivity contribution in [3.8, 4) is 11.5 Å². The molecule has 0 heterocycles. The molecule has 122 valence electrons. The molecule has 3 aromatic rings. The van der Waals surface area contributed by atoms with Crippen molar-refractivity contribution < 1.29 is 4.74 Å². The molecule has 0 aliphatic rings. The van der Waals surface area contributed by atoms with Crippen molar-refractivity contribution >= 4 is 5.69 Å². The first kappa shape index (κ1) is 16.1. The largest absolute Gasteiger partial charge is 0.457 e. The van der Waals surface area contributed by atoms with Gasteiger partial charge in [0, 0.05) is 17.6 Å². The summed E-state index contributed by atoms with van der Waals surface area (Å²) >= 11 is 0. The molecule has 0 aliphatic heterocycles. The molecule has 0 radical (unpaired) electrons. The van der Waals surface area contributed by atoms with Gasteiger partial charge >= 0.3 is 0 Å². The fourth-order valence-corrected chi connectivity index (χ4v) is 2.58. The smallest absolute Gasteiger partial charge is 0.127 e. The number of ether oxygens (including phenoxy) is 1. The summed E-state index contributed by atoms with van der Waals surface area (Å²) in [7, 11) is 0. The molecule has 0 fully saturated rings. The van der Waals surface area contributed by atoms with Gasteiger partial charge in [-0.3, -0.25) is 0 Å². The summed E-state index contributed by atoms with van der Waals surface area (Å²) in [6, 6.07) is 28.5. The van der Waals surface area contributed by atoms with Gasteiger partial charge in [-0.1, -0.05) is 62.4 Å². The molecule has 0 spiro atoms. The van der Waals surface area contributed by atoms with Gasteiger partial charge in [0.1, 0.15) is 11.5 Å². The first-order valence-electron chi connectivity index (χ1n) is 8.26. The highest BCUT2D eigenvalue weighted by Gasteiger charge is 2.19. The third-order valence-electron chi connectivity index (χ3n) is 4.12. The van der Waals surface area contributed by atoms with Crippen molar-refractivity contribution in [2.45, 2.75) is 19.3 Å². The lowest BCUT2D eigenvalue weighted by Gasteiger charge is -2.26. The molecule has 24 heavy (non-hydrogen) atoms. The van der Waals surface area contributed by atoms with E-state index in [1.54, 1.807) is 0 Å². The van der Waals surface area contributed by atoms with Gasteiger partial charge in [0.25, 0.3) is 0 Å². The average molecular weight is 317 g/mol. The number of rotatable bonds is 6. The van der Waals surface area contributed by atoms with Crippen molar-refractivity contribution in [2.75, 3.05) is 11.9 Å². The highest BCUT2D eigenvalue weighted by Crippen LogP contribution is 2.25. The zero-order valence-corrected chi connectivity index (χ0v) is 14.2. The number of benzene rings is 3. The third-order valence-corrected chi connectivity index (χ3v) is 4.12. The van der Waals surface area contributed by atoms with Crippen molar-refractivity contribution in [2.24, 2.45) is 0 Å². The molecule has 0 amide bonds. The van der Waals surface area contributed by atoms with Crippen LogP contribution in [-0.4, -0.2) is 6.54 Å². The van der Waals surface area contributed by atoms with Crippen LogP contribution >= 0.6 is 0 Å². The third kappa shape index (κ3) is 4.17. The topological polar surface area (TPSA) is 21.3 Å². The van der Waals surface area contributed by atoms with E-state index in [1.807, 2.05) is 42.5 Å². The lowest BCUT2D eigenvalue weighted by atomic mass is 9.84. The Morgan fingerprint density at radius 3 is 1.88 bits per heavy atom. The van der Waals surface area contributed by atoms with Gasteiger partial charge in [-0.2, -0.15) is 0 Å². The number of hydrogen-bond acceptors (Lipinski definition) is 2. The Hall–Kier alpha value is -2.74. The molecule has 2 nitrogen and oxygen atoms in total. The van der Waals surface area contributed by atoms with Gasteiger partial charge in [0.05, 0.1) is 0 Å². The maximum absolute atomic E-state index is 5.82. The Bertz CT molecular complexity index is 749. The monoisotopic (exact) mass is 317 g/mol. The van der Waals surface area contributed by atoms with Crippen LogP contribution in [0.2, 0.25) is 0 Å². The van der Waals surface area contributed by atoms with Crippen LogP contribution in [0.1, 0.15) is 19.4 Å². The first-order valence-corrected chi connectivity index (χ1v) is 8.26. The van der Waals surface area contributed by atoms with Crippen LogP contribution in [0.25, 0.3) is 0 Å². The van der Waals surface area contributed by atoms with Crippen LogP contribution in [0.4, 0.5) is 5.69 Å². The van der Waals surface area contributed by atoms with E-state index in [2.05, 4.69) is 61.6 Å². The zero-order chi connectivity index (χ0) is 16.8. The van der Waals surface area contributed by atoms with Crippen LogP contribution < -0.4 is 10.1 Å². The van der Waals surface area contributed by atoms with E-state index in [0.29, 0.717) is 0 Å². The molecule has 3 rings (SSSR count). The molecule has 0 unspecified atom stereocenters. The van der Waals surface area contributed by atoms with E-state index in [0.717, 1.165) is 23.7 Å². The first-order chi connectivity index (χ1) is 11.6. The molecule has 2 heteroatoms. The second-order valence-electron chi connectivity index (χ2n) is 6.54.